The first-order chi connectivity index (χ1) is 9.55. The van der Waals surface area contributed by atoms with Crippen LogP contribution in [0.3, 0.4) is 0 Å². The number of benzene rings is 1. The molecule has 120 valence electrons. The maximum absolute atomic E-state index is 12.8. The average molecular weight is 323 g/mol. The summed E-state index contributed by atoms with van der Waals surface area (Å²) in [6.45, 7) is 6.42. The van der Waals surface area contributed by atoms with Crippen molar-refractivity contribution in [1.82, 2.24) is 0 Å². The second kappa shape index (κ2) is 6.88. The first-order valence-corrected chi connectivity index (χ1v) is 7.29. The Morgan fingerprint density at radius 2 is 1.86 bits per heavy atom. The van der Waals surface area contributed by atoms with Crippen LogP contribution in [0.1, 0.15) is 39.2 Å². The summed E-state index contributed by atoms with van der Waals surface area (Å²) in [4.78, 5) is 0. The highest BCUT2D eigenvalue weighted by Crippen LogP contribution is 2.34. The minimum absolute atomic E-state index is 0.0514. The molecule has 1 rings (SSSR count). The topological polar surface area (TPSA) is 38.0 Å². The highest BCUT2D eigenvalue weighted by Gasteiger charge is 2.32. The van der Waals surface area contributed by atoms with E-state index >= 15 is 0 Å². The van der Waals surface area contributed by atoms with Crippen LogP contribution in [0, 0.1) is 5.92 Å². The zero-order chi connectivity index (χ0) is 16.3. The lowest BCUT2D eigenvalue weighted by Gasteiger charge is -2.31. The lowest BCUT2D eigenvalue weighted by Crippen LogP contribution is -2.42. The molecule has 0 radical (unpaired) electrons. The number of alkyl halides is 3. The molecule has 0 aliphatic heterocycles. The predicted molar refractivity (Wildman–Crippen MR) is 81.6 cm³/mol. The van der Waals surface area contributed by atoms with Gasteiger partial charge in [0.1, 0.15) is 0 Å². The summed E-state index contributed by atoms with van der Waals surface area (Å²) < 4.78 is 38.4. The minimum atomic E-state index is -4.42. The van der Waals surface area contributed by atoms with E-state index in [-0.39, 0.29) is 5.02 Å². The first kappa shape index (κ1) is 18.1. The van der Waals surface area contributed by atoms with Crippen molar-refractivity contribution in [2.45, 2.75) is 45.3 Å². The van der Waals surface area contributed by atoms with Crippen molar-refractivity contribution in [2.75, 3.05) is 11.9 Å². The summed E-state index contributed by atoms with van der Waals surface area (Å²) >= 11 is 5.78. The molecule has 0 saturated carbocycles. The van der Waals surface area contributed by atoms with Gasteiger partial charge in [-0.3, -0.25) is 0 Å². The first-order valence-electron chi connectivity index (χ1n) is 6.92. The molecule has 0 aliphatic rings. The number of anilines is 1. The Labute approximate surface area is 128 Å². The van der Waals surface area contributed by atoms with Gasteiger partial charge in [-0.05, 0) is 43.9 Å². The Morgan fingerprint density at radius 1 is 1.24 bits per heavy atom. The summed E-state index contributed by atoms with van der Waals surface area (Å²) in [5.74, 6) is 0.503. The van der Waals surface area contributed by atoms with Crippen molar-refractivity contribution in [1.29, 1.82) is 0 Å². The van der Waals surface area contributed by atoms with Gasteiger partial charge in [-0.2, -0.15) is 13.2 Å². The molecule has 1 atom stereocenters. The molecule has 0 spiro atoms. The Hall–Kier alpha value is -0.940. The summed E-state index contributed by atoms with van der Waals surface area (Å²) in [6, 6.07) is 3.47. The van der Waals surface area contributed by atoms with Gasteiger partial charge >= 0.3 is 6.18 Å². The number of hydrogen-bond donors (Lipinski definition) is 2. The van der Waals surface area contributed by atoms with Crippen molar-refractivity contribution < 1.29 is 13.2 Å². The standard InChI is InChI=1S/C15H22ClF3N2/c1-10(2)4-5-14(3,9-20)21-13-7-11(15(17,18)19)6-12(16)8-13/h6-8,10,21H,4-5,9,20H2,1-3H3. The van der Waals surface area contributed by atoms with Gasteiger partial charge in [0.25, 0.3) is 0 Å². The van der Waals surface area contributed by atoms with Crippen LogP contribution in [0.5, 0.6) is 0 Å². The van der Waals surface area contributed by atoms with Crippen LogP contribution in [0.25, 0.3) is 0 Å². The van der Waals surface area contributed by atoms with E-state index in [0.29, 0.717) is 18.2 Å². The Kier molecular flexibility index (Phi) is 5.93. The van der Waals surface area contributed by atoms with E-state index in [2.05, 4.69) is 19.2 Å². The van der Waals surface area contributed by atoms with E-state index in [0.717, 1.165) is 25.0 Å². The zero-order valence-corrected chi connectivity index (χ0v) is 13.3. The molecule has 1 unspecified atom stereocenters. The smallest absolute Gasteiger partial charge is 0.379 e. The van der Waals surface area contributed by atoms with Crippen molar-refractivity contribution >= 4 is 17.3 Å². The van der Waals surface area contributed by atoms with Crippen LogP contribution in [0.4, 0.5) is 18.9 Å². The van der Waals surface area contributed by atoms with Crippen LogP contribution >= 0.6 is 11.6 Å². The fraction of sp³-hybridized carbons (Fsp3) is 0.600. The second-order valence-corrected chi connectivity index (χ2v) is 6.49. The third-order valence-corrected chi connectivity index (χ3v) is 3.61. The van der Waals surface area contributed by atoms with Gasteiger partial charge in [-0.1, -0.05) is 25.4 Å². The highest BCUT2D eigenvalue weighted by atomic mass is 35.5. The van der Waals surface area contributed by atoms with E-state index in [4.69, 9.17) is 17.3 Å². The van der Waals surface area contributed by atoms with Gasteiger partial charge in [-0.25, -0.2) is 0 Å². The van der Waals surface area contributed by atoms with E-state index in [1.54, 1.807) is 0 Å². The third-order valence-electron chi connectivity index (χ3n) is 3.40. The molecule has 0 fully saturated rings. The van der Waals surface area contributed by atoms with Gasteiger partial charge in [0, 0.05) is 22.8 Å². The van der Waals surface area contributed by atoms with Crippen LogP contribution in [0.2, 0.25) is 5.02 Å². The van der Waals surface area contributed by atoms with Crippen molar-refractivity contribution in [3.05, 3.63) is 28.8 Å². The predicted octanol–water partition coefficient (Wildman–Crippen LogP) is 4.92. The molecule has 0 aromatic heterocycles. The van der Waals surface area contributed by atoms with Crippen molar-refractivity contribution in [3.8, 4) is 0 Å². The number of nitrogens with two attached hydrogens (primary N) is 1. The molecule has 0 heterocycles. The SMILES string of the molecule is CC(C)CCC(C)(CN)Nc1cc(Cl)cc(C(F)(F)F)c1. The van der Waals surface area contributed by atoms with E-state index in [1.165, 1.54) is 6.07 Å². The van der Waals surface area contributed by atoms with Crippen LogP contribution in [-0.2, 0) is 6.18 Å². The zero-order valence-electron chi connectivity index (χ0n) is 12.5. The van der Waals surface area contributed by atoms with Gasteiger partial charge < -0.3 is 11.1 Å². The van der Waals surface area contributed by atoms with E-state index < -0.39 is 17.3 Å². The minimum Gasteiger partial charge on any atom is -0.379 e. The molecule has 0 saturated heterocycles. The Bertz CT molecular complexity index is 474. The largest absolute Gasteiger partial charge is 0.416 e. The lowest BCUT2D eigenvalue weighted by atomic mass is 9.91. The number of nitrogens with one attached hydrogen (secondary N) is 1. The molecule has 21 heavy (non-hydrogen) atoms. The summed E-state index contributed by atoms with van der Waals surface area (Å²) in [7, 11) is 0. The van der Waals surface area contributed by atoms with E-state index in [1.807, 2.05) is 6.92 Å². The Morgan fingerprint density at radius 3 is 2.33 bits per heavy atom. The third kappa shape index (κ3) is 5.75. The number of hydrogen-bond acceptors (Lipinski definition) is 2. The van der Waals surface area contributed by atoms with Crippen molar-refractivity contribution in [2.24, 2.45) is 11.7 Å². The molecule has 1 aromatic carbocycles. The fourth-order valence-corrected chi connectivity index (χ4v) is 2.23. The fourth-order valence-electron chi connectivity index (χ4n) is 2.00. The molecule has 0 aliphatic carbocycles. The molecule has 0 amide bonds. The van der Waals surface area contributed by atoms with Crippen LogP contribution in [-0.4, -0.2) is 12.1 Å². The molecular formula is C15H22ClF3N2. The average Bonchev–Trinajstić information content (AvgIpc) is 2.34. The summed E-state index contributed by atoms with van der Waals surface area (Å²) in [5, 5.41) is 3.16. The quantitative estimate of drug-likeness (QED) is 0.779. The van der Waals surface area contributed by atoms with Crippen LogP contribution in [0.15, 0.2) is 18.2 Å². The van der Waals surface area contributed by atoms with Gasteiger partial charge in [0.15, 0.2) is 0 Å². The molecule has 0 bridgehead atoms. The maximum Gasteiger partial charge on any atom is 0.416 e. The van der Waals surface area contributed by atoms with Gasteiger partial charge in [0.05, 0.1) is 5.56 Å². The Balaban J connectivity index is 2.97. The summed E-state index contributed by atoms with van der Waals surface area (Å²) in [5.41, 5.74) is 4.90. The highest BCUT2D eigenvalue weighted by molar-refractivity contribution is 6.30. The molecule has 6 heteroatoms. The van der Waals surface area contributed by atoms with Crippen LogP contribution < -0.4 is 11.1 Å². The summed E-state index contributed by atoms with van der Waals surface area (Å²) in [6.07, 6.45) is -2.71. The van der Waals surface area contributed by atoms with Gasteiger partial charge in [-0.15, -0.1) is 0 Å². The van der Waals surface area contributed by atoms with Gasteiger partial charge in [0.2, 0.25) is 0 Å². The maximum atomic E-state index is 12.8. The molecular weight excluding hydrogens is 301 g/mol. The molecule has 2 nitrogen and oxygen atoms in total. The number of rotatable bonds is 6. The van der Waals surface area contributed by atoms with Crippen molar-refractivity contribution in [3.63, 3.8) is 0 Å². The monoisotopic (exact) mass is 322 g/mol. The molecule has 1 aromatic rings. The second-order valence-electron chi connectivity index (χ2n) is 6.05. The number of halogens is 4. The van der Waals surface area contributed by atoms with E-state index in [9.17, 15) is 13.2 Å². The molecule has 3 N–H and O–H groups in total. The normalized spacial score (nSPS) is 15.1. The lowest BCUT2D eigenvalue weighted by molar-refractivity contribution is -0.137.